The second-order valence-electron chi connectivity index (χ2n) is 6.15. The SMILES string of the molecule is COc1cc(CCNc2cc(C3CC(N)C3)ncn2)cc(OC)c1. The predicted octanol–water partition coefficient (Wildman–Crippen LogP) is 2.35. The molecule has 1 aromatic carbocycles. The summed E-state index contributed by atoms with van der Waals surface area (Å²) in [5.41, 5.74) is 8.09. The van der Waals surface area contributed by atoms with Crippen molar-refractivity contribution in [2.45, 2.75) is 31.2 Å². The highest BCUT2D eigenvalue weighted by Gasteiger charge is 2.28. The van der Waals surface area contributed by atoms with E-state index in [-0.39, 0.29) is 0 Å². The molecule has 1 heterocycles. The van der Waals surface area contributed by atoms with Crippen molar-refractivity contribution in [1.29, 1.82) is 0 Å². The van der Waals surface area contributed by atoms with E-state index < -0.39 is 0 Å². The summed E-state index contributed by atoms with van der Waals surface area (Å²) < 4.78 is 10.6. The zero-order chi connectivity index (χ0) is 16.9. The summed E-state index contributed by atoms with van der Waals surface area (Å²) in [6.45, 7) is 0.775. The third-order valence-electron chi connectivity index (χ3n) is 4.41. The van der Waals surface area contributed by atoms with Gasteiger partial charge in [0.2, 0.25) is 0 Å². The monoisotopic (exact) mass is 328 g/mol. The van der Waals surface area contributed by atoms with E-state index in [0.717, 1.165) is 54.4 Å². The van der Waals surface area contributed by atoms with E-state index in [9.17, 15) is 0 Å². The molecule has 0 atom stereocenters. The van der Waals surface area contributed by atoms with Crippen LogP contribution in [-0.2, 0) is 6.42 Å². The number of methoxy groups -OCH3 is 2. The van der Waals surface area contributed by atoms with Gasteiger partial charge in [-0.05, 0) is 37.0 Å². The van der Waals surface area contributed by atoms with Gasteiger partial charge in [0, 0.05) is 36.3 Å². The molecule has 128 valence electrons. The first-order chi connectivity index (χ1) is 11.7. The lowest BCUT2D eigenvalue weighted by Gasteiger charge is -2.31. The molecule has 2 aromatic rings. The lowest BCUT2D eigenvalue weighted by atomic mass is 9.79. The third-order valence-corrected chi connectivity index (χ3v) is 4.41. The van der Waals surface area contributed by atoms with Crippen LogP contribution in [0.3, 0.4) is 0 Å². The number of benzene rings is 1. The minimum Gasteiger partial charge on any atom is -0.497 e. The number of nitrogens with zero attached hydrogens (tertiary/aromatic N) is 2. The van der Waals surface area contributed by atoms with Gasteiger partial charge in [0.05, 0.1) is 14.2 Å². The Balaban J connectivity index is 1.57. The molecule has 0 bridgehead atoms. The Morgan fingerprint density at radius 1 is 1.08 bits per heavy atom. The molecule has 0 unspecified atom stereocenters. The maximum Gasteiger partial charge on any atom is 0.129 e. The normalized spacial score (nSPS) is 19.5. The number of nitrogens with two attached hydrogens (primary N) is 1. The quantitative estimate of drug-likeness (QED) is 0.812. The van der Waals surface area contributed by atoms with E-state index in [1.165, 1.54) is 0 Å². The van der Waals surface area contributed by atoms with Gasteiger partial charge in [0.25, 0.3) is 0 Å². The second-order valence-corrected chi connectivity index (χ2v) is 6.15. The lowest BCUT2D eigenvalue weighted by Crippen LogP contribution is -2.35. The Labute approximate surface area is 142 Å². The summed E-state index contributed by atoms with van der Waals surface area (Å²) in [7, 11) is 3.32. The van der Waals surface area contributed by atoms with Crippen LogP contribution in [0.15, 0.2) is 30.6 Å². The molecule has 0 radical (unpaired) electrons. The number of anilines is 1. The fraction of sp³-hybridized carbons (Fsp3) is 0.444. The highest BCUT2D eigenvalue weighted by molar-refractivity contribution is 5.40. The number of hydrogen-bond donors (Lipinski definition) is 2. The van der Waals surface area contributed by atoms with E-state index in [1.54, 1.807) is 20.5 Å². The summed E-state index contributed by atoms with van der Waals surface area (Å²) in [5.74, 6) is 2.94. The fourth-order valence-electron chi connectivity index (χ4n) is 2.94. The van der Waals surface area contributed by atoms with Gasteiger partial charge in [-0.1, -0.05) is 0 Å². The Kier molecular flexibility index (Phi) is 5.15. The molecule has 1 aliphatic carbocycles. The van der Waals surface area contributed by atoms with Crippen molar-refractivity contribution in [2.75, 3.05) is 26.1 Å². The van der Waals surface area contributed by atoms with Crippen molar-refractivity contribution in [1.82, 2.24) is 9.97 Å². The van der Waals surface area contributed by atoms with E-state index in [0.29, 0.717) is 12.0 Å². The zero-order valence-electron chi connectivity index (χ0n) is 14.2. The van der Waals surface area contributed by atoms with E-state index >= 15 is 0 Å². The molecule has 1 aliphatic rings. The Bertz CT molecular complexity index is 664. The standard InChI is InChI=1S/C18H24N4O2/c1-23-15-5-12(6-16(9-15)24-2)3-4-20-18-10-17(21-11-22-18)13-7-14(19)8-13/h5-6,9-11,13-14H,3-4,7-8,19H2,1-2H3,(H,20,21,22). The van der Waals surface area contributed by atoms with E-state index in [1.807, 2.05) is 24.3 Å². The van der Waals surface area contributed by atoms with Crippen molar-refractivity contribution < 1.29 is 9.47 Å². The van der Waals surface area contributed by atoms with E-state index in [2.05, 4.69) is 15.3 Å². The van der Waals surface area contributed by atoms with Gasteiger partial charge in [0.15, 0.2) is 0 Å². The summed E-state index contributed by atoms with van der Waals surface area (Å²) in [5, 5.41) is 3.36. The van der Waals surface area contributed by atoms with Gasteiger partial charge >= 0.3 is 0 Å². The molecule has 0 aliphatic heterocycles. The van der Waals surface area contributed by atoms with Gasteiger partial charge in [-0.3, -0.25) is 0 Å². The van der Waals surface area contributed by atoms with Gasteiger partial charge in [0.1, 0.15) is 23.6 Å². The Morgan fingerprint density at radius 3 is 2.42 bits per heavy atom. The lowest BCUT2D eigenvalue weighted by molar-refractivity contribution is 0.345. The number of nitrogens with one attached hydrogen (secondary N) is 1. The maximum atomic E-state index is 5.86. The molecule has 24 heavy (non-hydrogen) atoms. The van der Waals surface area contributed by atoms with Crippen LogP contribution in [0.2, 0.25) is 0 Å². The fourth-order valence-corrected chi connectivity index (χ4v) is 2.94. The van der Waals surface area contributed by atoms with Crippen LogP contribution in [0.5, 0.6) is 11.5 Å². The average molecular weight is 328 g/mol. The van der Waals surface area contributed by atoms with Crippen molar-refractivity contribution in [3.05, 3.63) is 41.9 Å². The molecule has 0 saturated heterocycles. The zero-order valence-corrected chi connectivity index (χ0v) is 14.2. The molecule has 0 amide bonds. The molecule has 1 fully saturated rings. The van der Waals surface area contributed by atoms with Gasteiger partial charge in [-0.2, -0.15) is 0 Å². The molecule has 0 spiro atoms. The highest BCUT2D eigenvalue weighted by atomic mass is 16.5. The van der Waals surface area contributed by atoms with Gasteiger partial charge in [-0.15, -0.1) is 0 Å². The van der Waals surface area contributed by atoms with Crippen LogP contribution >= 0.6 is 0 Å². The first kappa shape index (κ1) is 16.5. The topological polar surface area (TPSA) is 82.3 Å². The number of aromatic nitrogens is 2. The van der Waals surface area contributed by atoms with Crippen molar-refractivity contribution in [2.24, 2.45) is 5.73 Å². The third kappa shape index (κ3) is 3.94. The number of ether oxygens (including phenoxy) is 2. The second kappa shape index (κ2) is 7.49. The van der Waals surface area contributed by atoms with Crippen LogP contribution in [0.1, 0.15) is 30.0 Å². The molecule has 6 heteroatoms. The highest BCUT2D eigenvalue weighted by Crippen LogP contribution is 2.34. The summed E-state index contributed by atoms with van der Waals surface area (Å²) >= 11 is 0. The van der Waals surface area contributed by atoms with Crippen LogP contribution in [-0.4, -0.2) is 36.8 Å². The smallest absolute Gasteiger partial charge is 0.129 e. The Hall–Kier alpha value is -2.34. The molecule has 3 rings (SSSR count). The molecule has 1 aromatic heterocycles. The minimum absolute atomic E-state index is 0.324. The molecule has 1 saturated carbocycles. The molecule has 6 nitrogen and oxygen atoms in total. The predicted molar refractivity (Wildman–Crippen MR) is 93.7 cm³/mol. The Morgan fingerprint density at radius 2 is 1.79 bits per heavy atom. The number of hydrogen-bond acceptors (Lipinski definition) is 6. The van der Waals surface area contributed by atoms with E-state index in [4.69, 9.17) is 15.2 Å². The first-order valence-electron chi connectivity index (χ1n) is 8.21. The van der Waals surface area contributed by atoms with Crippen LogP contribution in [0.25, 0.3) is 0 Å². The summed E-state index contributed by atoms with van der Waals surface area (Å²) in [4.78, 5) is 8.66. The average Bonchev–Trinajstić information content (AvgIpc) is 2.59. The minimum atomic E-state index is 0.324. The van der Waals surface area contributed by atoms with Gasteiger partial charge < -0.3 is 20.5 Å². The summed E-state index contributed by atoms with van der Waals surface area (Å²) in [6.07, 6.45) is 4.50. The molecular weight excluding hydrogens is 304 g/mol. The van der Waals surface area contributed by atoms with Crippen molar-refractivity contribution in [3.63, 3.8) is 0 Å². The first-order valence-corrected chi connectivity index (χ1v) is 8.21. The van der Waals surface area contributed by atoms with Crippen LogP contribution < -0.4 is 20.5 Å². The van der Waals surface area contributed by atoms with Crippen molar-refractivity contribution in [3.8, 4) is 11.5 Å². The van der Waals surface area contributed by atoms with Crippen LogP contribution in [0, 0.1) is 0 Å². The molecule has 3 N–H and O–H groups in total. The van der Waals surface area contributed by atoms with Gasteiger partial charge in [-0.25, -0.2) is 9.97 Å². The largest absolute Gasteiger partial charge is 0.497 e. The van der Waals surface area contributed by atoms with Crippen LogP contribution in [0.4, 0.5) is 5.82 Å². The summed E-state index contributed by atoms with van der Waals surface area (Å²) in [6, 6.07) is 8.26. The number of rotatable bonds is 7. The van der Waals surface area contributed by atoms with Crippen molar-refractivity contribution >= 4 is 5.82 Å². The molecular formula is C18H24N4O2. The maximum absolute atomic E-state index is 5.86.